The molecule has 0 aliphatic heterocycles. The van der Waals surface area contributed by atoms with Crippen molar-refractivity contribution in [2.24, 2.45) is 110 Å². The van der Waals surface area contributed by atoms with Crippen molar-refractivity contribution < 1.29 is 132 Å². The zero-order valence-electron chi connectivity index (χ0n) is 68.0. The molecule has 0 aromatic heterocycles. The number of rotatable bonds is 18. The lowest BCUT2D eigenvalue weighted by Crippen LogP contribution is -2.37. The van der Waals surface area contributed by atoms with E-state index in [9.17, 15) is 132 Å². The molecule has 0 heterocycles. The summed E-state index contributed by atoms with van der Waals surface area (Å²) in [6, 6.07) is 0. The average Bonchev–Trinajstić information content (AvgIpc) is 0.833. The standard InChI is InChI=1S/2C8H15F3.C8H18.C7H10F6.6C7H13F3/c2*1-5(2)6(3)7(4)8(9,10)11;1-7(2,3)8(4,5)6;1-4(2)3-5(6(8,9)10)7(11,12)13;1-5(2)6(3,4)7(8,9)10;1-4-6(2,3)5-7(8,9)10;1-4-5-6(2,3)7(8,9)10;2*1-4-5(2)6(3)7(8,9)10;1-3-6(4-2)5-7(8,9)10/h2*5-7H,1-4H3;1-6H3;4-5H,3H2,1-2H3;5H,1-4H3;2*4-5H2,1-3H3;2*5-6H,4H2,1-3H3;6H,3-5H2,1-2H3/t2*6-,7?;;;;;;5?,6-;5-,6?;/m11.....10./s1. The van der Waals surface area contributed by atoms with E-state index in [1.165, 1.54) is 69.2 Å². The van der Waals surface area contributed by atoms with Crippen molar-refractivity contribution >= 4 is 0 Å². The highest BCUT2D eigenvalue weighted by molar-refractivity contribution is 4.81. The lowest BCUT2D eigenvalue weighted by molar-refractivity contribution is -0.287. The topological polar surface area (TPSA) is 0 Å². The third kappa shape index (κ3) is 65.5. The maximum Gasteiger partial charge on any atom is 0.400 e. The predicted octanol–water partition coefficient (Wildman–Crippen LogP) is 33.6. The first kappa shape index (κ1) is 122. The Kier molecular flexibility index (Phi) is 59.1. The largest absolute Gasteiger partial charge is 0.400 e. The third-order valence-corrected chi connectivity index (χ3v) is 19.6. The van der Waals surface area contributed by atoms with Gasteiger partial charge in [0.1, 0.15) is 0 Å². The van der Waals surface area contributed by atoms with Gasteiger partial charge < -0.3 is 0 Å². The van der Waals surface area contributed by atoms with E-state index in [0.717, 1.165) is 0 Å². The molecule has 0 N–H and O–H groups in total. The van der Waals surface area contributed by atoms with Gasteiger partial charge in [0.25, 0.3) is 0 Å². The van der Waals surface area contributed by atoms with Crippen molar-refractivity contribution in [1.29, 1.82) is 0 Å². The predicted molar refractivity (Wildman–Crippen MR) is 361 cm³/mol. The Labute approximate surface area is 601 Å². The van der Waals surface area contributed by atoms with Crippen LogP contribution in [0.2, 0.25) is 0 Å². The van der Waals surface area contributed by atoms with E-state index in [2.05, 4.69) is 41.5 Å². The molecule has 0 bridgehead atoms. The fraction of sp³-hybridized carbons (Fsp3) is 1.00. The van der Waals surface area contributed by atoms with Crippen molar-refractivity contribution in [1.82, 2.24) is 0 Å². The van der Waals surface area contributed by atoms with Crippen molar-refractivity contribution in [2.45, 2.75) is 361 Å². The molecule has 0 amide bonds. The third-order valence-electron chi connectivity index (χ3n) is 19.6. The van der Waals surface area contributed by atoms with Crippen molar-refractivity contribution in [3.63, 3.8) is 0 Å². The first-order valence-electron chi connectivity index (χ1n) is 35.0. The second-order valence-corrected chi connectivity index (χ2v) is 32.4. The van der Waals surface area contributed by atoms with Gasteiger partial charge in [-0.05, 0) is 82.3 Å². The van der Waals surface area contributed by atoms with Crippen LogP contribution in [0.25, 0.3) is 0 Å². The molecule has 0 saturated carbocycles. The van der Waals surface area contributed by atoms with E-state index in [1.54, 1.807) is 96.9 Å². The fourth-order valence-corrected chi connectivity index (χ4v) is 6.69. The Balaban J connectivity index is -0.000000117. The van der Waals surface area contributed by atoms with Gasteiger partial charge in [-0.1, -0.05) is 274 Å². The Morgan fingerprint density at radius 2 is 0.563 bits per heavy atom. The molecular weight excluding hydrogens is 1450 g/mol. The number of hydrogen-bond acceptors (Lipinski definition) is 0. The zero-order chi connectivity index (χ0) is 86.7. The van der Waals surface area contributed by atoms with Gasteiger partial charge in [-0.15, -0.1) is 0 Å². The molecular formula is C73H136F30. The molecule has 8 atom stereocenters. The van der Waals surface area contributed by atoms with Crippen molar-refractivity contribution in [3.05, 3.63) is 0 Å². The van der Waals surface area contributed by atoms with Crippen LogP contribution in [0.4, 0.5) is 132 Å². The molecule has 0 aliphatic carbocycles. The summed E-state index contributed by atoms with van der Waals surface area (Å²) in [7, 11) is 0. The van der Waals surface area contributed by atoms with Crippen LogP contribution in [0.15, 0.2) is 0 Å². The summed E-state index contributed by atoms with van der Waals surface area (Å²) in [6.45, 7) is 57.0. The Morgan fingerprint density at radius 3 is 0.621 bits per heavy atom. The quantitative estimate of drug-likeness (QED) is 0.120. The second kappa shape index (κ2) is 49.9. The Bertz CT molecular complexity index is 1900. The van der Waals surface area contributed by atoms with Gasteiger partial charge in [0.15, 0.2) is 5.92 Å². The summed E-state index contributed by atoms with van der Waals surface area (Å²) < 4.78 is 357. The normalized spacial score (nSPS) is 15.8. The van der Waals surface area contributed by atoms with Crippen molar-refractivity contribution in [3.8, 4) is 0 Å². The average molecular weight is 1580 g/mol. The van der Waals surface area contributed by atoms with Crippen LogP contribution in [0, 0.1) is 110 Å². The summed E-state index contributed by atoms with van der Waals surface area (Å²) in [5.41, 5.74) is -2.80. The molecule has 0 rings (SSSR count). The van der Waals surface area contributed by atoms with Gasteiger partial charge in [0.2, 0.25) is 0 Å². The summed E-state index contributed by atoms with van der Waals surface area (Å²) in [5, 5.41) is 0. The Morgan fingerprint density at radius 1 is 0.301 bits per heavy atom. The number of halogens is 30. The second-order valence-electron chi connectivity index (χ2n) is 32.4. The molecule has 103 heavy (non-hydrogen) atoms. The molecule has 0 aromatic rings. The molecule has 4 unspecified atom stereocenters. The summed E-state index contributed by atoms with van der Waals surface area (Å²) >= 11 is 0. The minimum Gasteiger partial charge on any atom is -0.171 e. The van der Waals surface area contributed by atoms with Gasteiger partial charge >= 0.3 is 61.8 Å². The van der Waals surface area contributed by atoms with Gasteiger partial charge in [0, 0.05) is 12.8 Å². The molecule has 0 aliphatic rings. The zero-order valence-corrected chi connectivity index (χ0v) is 68.0. The number of alkyl halides is 30. The van der Waals surface area contributed by atoms with Gasteiger partial charge in [-0.2, -0.15) is 132 Å². The van der Waals surface area contributed by atoms with Crippen LogP contribution in [0.1, 0.15) is 300 Å². The molecule has 0 spiro atoms. The van der Waals surface area contributed by atoms with Crippen LogP contribution < -0.4 is 0 Å². The molecule has 0 radical (unpaired) electrons. The van der Waals surface area contributed by atoms with Gasteiger partial charge in [-0.3, -0.25) is 0 Å². The summed E-state index contributed by atoms with van der Waals surface area (Å²) in [4.78, 5) is 0. The first-order chi connectivity index (χ1) is 44.4. The van der Waals surface area contributed by atoms with E-state index in [-0.39, 0.29) is 53.8 Å². The van der Waals surface area contributed by atoms with E-state index < -0.39 is 133 Å². The van der Waals surface area contributed by atoms with Crippen LogP contribution >= 0.6 is 0 Å². The molecule has 0 aromatic carbocycles. The molecule has 638 valence electrons. The molecule has 0 saturated heterocycles. The van der Waals surface area contributed by atoms with E-state index in [4.69, 9.17) is 0 Å². The summed E-state index contributed by atoms with van der Waals surface area (Å²) in [5.74, 6) is -10.0. The lowest BCUT2D eigenvalue weighted by Gasteiger charge is -2.34. The highest BCUT2D eigenvalue weighted by atomic mass is 19.4. The lowest BCUT2D eigenvalue weighted by atomic mass is 9.71. The molecule has 0 nitrogen and oxygen atoms in total. The highest BCUT2D eigenvalue weighted by Crippen LogP contribution is 2.46. The smallest absolute Gasteiger partial charge is 0.171 e. The first-order valence-corrected chi connectivity index (χ1v) is 35.0. The minimum absolute atomic E-state index is 0.0895. The Hall–Kier alpha value is -2.10. The number of hydrogen-bond donors (Lipinski definition) is 0. The monoisotopic (exact) mass is 1580 g/mol. The van der Waals surface area contributed by atoms with Crippen LogP contribution in [-0.4, -0.2) is 61.8 Å². The SMILES string of the molecule is CC(C)(C)C(C)(C)C.CC(C)C(C)(C)C(F)(F)F.CC(C)CC(C(F)(F)F)C(F)(F)F.CC(C)[C@@H](C)C(C)C(F)(F)F.CC(C)[C@@H](C)C(C)C(F)(F)F.CCC(C)(C)CC(F)(F)F.CCC(C)[C@@H](C)C(F)(F)F.CCC(CC)CC(F)(F)F.CCCC(C)(C)C(F)(F)F.CC[C@H](C)C(C)C(F)(F)F. The van der Waals surface area contributed by atoms with E-state index >= 15 is 0 Å². The van der Waals surface area contributed by atoms with E-state index in [1.807, 2.05) is 27.7 Å². The van der Waals surface area contributed by atoms with Crippen LogP contribution in [-0.2, 0) is 0 Å². The van der Waals surface area contributed by atoms with Gasteiger partial charge in [-0.25, -0.2) is 0 Å². The molecule has 0 fully saturated rings. The summed E-state index contributed by atoms with van der Waals surface area (Å²) in [6.07, 6.45) is -41.1. The van der Waals surface area contributed by atoms with Gasteiger partial charge in [0.05, 0.1) is 34.5 Å². The minimum atomic E-state index is -5.19. The highest BCUT2D eigenvalue weighted by Gasteiger charge is 2.56. The van der Waals surface area contributed by atoms with Crippen molar-refractivity contribution in [2.75, 3.05) is 0 Å². The van der Waals surface area contributed by atoms with Crippen LogP contribution in [0.3, 0.4) is 0 Å². The van der Waals surface area contributed by atoms with Crippen LogP contribution in [0.5, 0.6) is 0 Å². The maximum absolute atomic E-state index is 12.1. The maximum atomic E-state index is 12.1. The fourth-order valence-electron chi connectivity index (χ4n) is 6.69. The molecule has 30 heteroatoms. The van der Waals surface area contributed by atoms with E-state index in [0.29, 0.717) is 49.4 Å².